The SMILES string of the molecule is CC.COC(=O)CCCCCCCNC(=O)c1cnn2ccc(N3CCCC3c3cc(F)ccc3F)nc12. The number of aromatic nitrogens is 3. The number of anilines is 1. The van der Waals surface area contributed by atoms with Crippen molar-refractivity contribution in [2.24, 2.45) is 0 Å². The highest BCUT2D eigenvalue weighted by molar-refractivity contribution is 5.99. The summed E-state index contributed by atoms with van der Waals surface area (Å²) < 4.78 is 34.4. The van der Waals surface area contributed by atoms with E-state index in [0.717, 1.165) is 50.7 Å². The Labute approximate surface area is 222 Å². The van der Waals surface area contributed by atoms with Gasteiger partial charge in [-0.05, 0) is 49.9 Å². The molecule has 1 saturated heterocycles. The van der Waals surface area contributed by atoms with Crippen molar-refractivity contribution in [3.8, 4) is 0 Å². The average molecular weight is 530 g/mol. The molecule has 0 aliphatic carbocycles. The number of amides is 1. The van der Waals surface area contributed by atoms with Gasteiger partial charge in [-0.15, -0.1) is 0 Å². The monoisotopic (exact) mass is 529 g/mol. The van der Waals surface area contributed by atoms with Crippen LogP contribution in [0.15, 0.2) is 36.7 Å². The normalized spacial score (nSPS) is 14.8. The van der Waals surface area contributed by atoms with Crippen LogP contribution in [0.4, 0.5) is 14.6 Å². The van der Waals surface area contributed by atoms with Crippen LogP contribution in [0.3, 0.4) is 0 Å². The van der Waals surface area contributed by atoms with Crippen molar-refractivity contribution in [1.29, 1.82) is 0 Å². The van der Waals surface area contributed by atoms with Crippen LogP contribution in [0, 0.1) is 11.6 Å². The Kier molecular flexibility index (Phi) is 11.0. The van der Waals surface area contributed by atoms with Gasteiger partial charge in [0.1, 0.15) is 23.0 Å². The lowest BCUT2D eigenvalue weighted by atomic mass is 10.0. The van der Waals surface area contributed by atoms with E-state index in [2.05, 4.69) is 20.1 Å². The fraction of sp³-hybridized carbons (Fsp3) is 0.500. The van der Waals surface area contributed by atoms with E-state index in [4.69, 9.17) is 0 Å². The molecule has 0 spiro atoms. The van der Waals surface area contributed by atoms with Gasteiger partial charge < -0.3 is 15.0 Å². The molecule has 3 heterocycles. The second-order valence-electron chi connectivity index (χ2n) is 8.98. The number of hydrogen-bond acceptors (Lipinski definition) is 6. The van der Waals surface area contributed by atoms with E-state index in [-0.39, 0.29) is 17.9 Å². The first kappa shape index (κ1) is 29.0. The molecule has 1 atom stereocenters. The predicted octanol–water partition coefficient (Wildman–Crippen LogP) is 5.62. The van der Waals surface area contributed by atoms with Crippen molar-refractivity contribution < 1.29 is 23.1 Å². The Hall–Kier alpha value is -3.56. The highest BCUT2D eigenvalue weighted by atomic mass is 19.1. The summed E-state index contributed by atoms with van der Waals surface area (Å²) in [5, 5.41) is 7.16. The summed E-state index contributed by atoms with van der Waals surface area (Å²) in [6.45, 7) is 5.18. The van der Waals surface area contributed by atoms with Crippen LogP contribution in [0.5, 0.6) is 0 Å². The predicted molar refractivity (Wildman–Crippen MR) is 142 cm³/mol. The Morgan fingerprint density at radius 1 is 1.11 bits per heavy atom. The Bertz CT molecular complexity index is 1220. The minimum absolute atomic E-state index is 0.186. The summed E-state index contributed by atoms with van der Waals surface area (Å²) in [5.74, 6) is -0.765. The van der Waals surface area contributed by atoms with E-state index in [1.54, 1.807) is 12.3 Å². The molecular formula is C28H37F2N5O3. The first-order chi connectivity index (χ1) is 18.5. The number of nitrogens with zero attached hydrogens (tertiary/aromatic N) is 4. The molecule has 1 aromatic carbocycles. The molecule has 206 valence electrons. The lowest BCUT2D eigenvalue weighted by Gasteiger charge is -2.26. The average Bonchev–Trinajstić information content (AvgIpc) is 3.59. The van der Waals surface area contributed by atoms with Crippen LogP contribution in [0.25, 0.3) is 5.65 Å². The Morgan fingerprint density at radius 3 is 2.66 bits per heavy atom. The fourth-order valence-electron chi connectivity index (χ4n) is 4.64. The molecule has 1 aliphatic heterocycles. The van der Waals surface area contributed by atoms with E-state index in [0.29, 0.717) is 48.5 Å². The van der Waals surface area contributed by atoms with E-state index in [9.17, 15) is 18.4 Å². The summed E-state index contributed by atoms with van der Waals surface area (Å²) >= 11 is 0. The lowest BCUT2D eigenvalue weighted by Crippen LogP contribution is -2.26. The van der Waals surface area contributed by atoms with Gasteiger partial charge in [0.15, 0.2) is 5.65 Å². The fourth-order valence-corrected chi connectivity index (χ4v) is 4.64. The topological polar surface area (TPSA) is 88.8 Å². The molecular weight excluding hydrogens is 492 g/mol. The maximum Gasteiger partial charge on any atom is 0.305 e. The zero-order valence-corrected chi connectivity index (χ0v) is 22.4. The van der Waals surface area contributed by atoms with Crippen LogP contribution >= 0.6 is 0 Å². The molecule has 8 nitrogen and oxygen atoms in total. The molecule has 1 unspecified atom stereocenters. The van der Waals surface area contributed by atoms with Gasteiger partial charge in [-0.2, -0.15) is 5.10 Å². The molecule has 38 heavy (non-hydrogen) atoms. The highest BCUT2D eigenvalue weighted by Crippen LogP contribution is 2.36. The minimum Gasteiger partial charge on any atom is -0.469 e. The van der Waals surface area contributed by atoms with Gasteiger partial charge in [-0.1, -0.05) is 33.1 Å². The lowest BCUT2D eigenvalue weighted by molar-refractivity contribution is -0.140. The first-order valence-electron chi connectivity index (χ1n) is 13.4. The number of halogens is 2. The zero-order valence-electron chi connectivity index (χ0n) is 22.4. The van der Waals surface area contributed by atoms with Gasteiger partial charge in [-0.25, -0.2) is 18.3 Å². The third kappa shape index (κ3) is 7.26. The number of ether oxygens (including phenoxy) is 1. The number of fused-ring (bicyclic) bond motifs is 1. The molecule has 10 heteroatoms. The van der Waals surface area contributed by atoms with Crippen LogP contribution in [-0.4, -0.2) is 46.7 Å². The van der Waals surface area contributed by atoms with E-state index in [1.165, 1.54) is 23.9 Å². The van der Waals surface area contributed by atoms with E-state index >= 15 is 0 Å². The molecule has 2 aromatic heterocycles. The number of hydrogen-bond donors (Lipinski definition) is 1. The largest absolute Gasteiger partial charge is 0.469 e. The number of unbranched alkanes of at least 4 members (excludes halogenated alkanes) is 4. The minimum atomic E-state index is -0.474. The summed E-state index contributed by atoms with van der Waals surface area (Å²) in [6, 6.07) is 4.96. The summed E-state index contributed by atoms with van der Waals surface area (Å²) in [4.78, 5) is 30.5. The second-order valence-corrected chi connectivity index (χ2v) is 8.98. The second kappa shape index (κ2) is 14.4. The smallest absolute Gasteiger partial charge is 0.305 e. The first-order valence-corrected chi connectivity index (χ1v) is 13.4. The molecule has 0 radical (unpaired) electrons. The van der Waals surface area contributed by atoms with Crippen LogP contribution in [0.1, 0.15) is 87.2 Å². The number of rotatable bonds is 11. The third-order valence-corrected chi connectivity index (χ3v) is 6.53. The van der Waals surface area contributed by atoms with Crippen LogP contribution < -0.4 is 10.2 Å². The molecule has 1 aliphatic rings. The van der Waals surface area contributed by atoms with Gasteiger partial charge in [0.05, 0.1) is 19.3 Å². The number of carbonyl (C=O) groups is 2. The summed E-state index contributed by atoms with van der Waals surface area (Å²) in [5.41, 5.74) is 1.09. The van der Waals surface area contributed by atoms with Crippen molar-refractivity contribution in [2.45, 2.75) is 71.3 Å². The zero-order chi connectivity index (χ0) is 27.5. The van der Waals surface area contributed by atoms with Crippen molar-refractivity contribution in [2.75, 3.05) is 25.1 Å². The molecule has 1 amide bonds. The van der Waals surface area contributed by atoms with Crippen molar-refractivity contribution in [3.05, 3.63) is 59.4 Å². The molecule has 0 saturated carbocycles. The number of benzene rings is 1. The number of carbonyl (C=O) groups excluding carboxylic acids is 2. The Balaban J connectivity index is 0.00000195. The molecule has 1 N–H and O–H groups in total. The van der Waals surface area contributed by atoms with Crippen molar-refractivity contribution >= 4 is 23.3 Å². The van der Waals surface area contributed by atoms with Crippen LogP contribution in [0.2, 0.25) is 0 Å². The maximum atomic E-state index is 14.5. The number of esters is 1. The van der Waals surface area contributed by atoms with Gasteiger partial charge in [0.25, 0.3) is 5.91 Å². The quantitative estimate of drug-likeness (QED) is 0.256. The van der Waals surface area contributed by atoms with E-state index < -0.39 is 11.6 Å². The summed E-state index contributed by atoms with van der Waals surface area (Å²) in [7, 11) is 1.39. The Morgan fingerprint density at radius 2 is 1.87 bits per heavy atom. The highest BCUT2D eigenvalue weighted by Gasteiger charge is 2.30. The standard InChI is InChI=1S/C26H31F2N5O3.C2H6/c1-36-24(34)9-5-3-2-4-6-13-29-26(35)20-17-30-33-15-12-23(31-25(20)33)32-14-7-8-22(32)19-16-18(27)10-11-21(19)28;1-2/h10-12,15-17,22H,2-9,13-14H2,1H3,(H,29,35);1-2H3. The number of methoxy groups -OCH3 is 1. The van der Waals surface area contributed by atoms with Gasteiger partial charge in [-0.3, -0.25) is 9.59 Å². The van der Waals surface area contributed by atoms with Crippen LogP contribution in [-0.2, 0) is 9.53 Å². The van der Waals surface area contributed by atoms with Crippen molar-refractivity contribution in [3.63, 3.8) is 0 Å². The van der Waals surface area contributed by atoms with Gasteiger partial charge >= 0.3 is 5.97 Å². The summed E-state index contributed by atoms with van der Waals surface area (Å²) in [6.07, 6.45) is 9.67. The van der Waals surface area contributed by atoms with Gasteiger partial charge in [0, 0.05) is 31.3 Å². The molecule has 4 rings (SSSR count). The molecule has 1 fully saturated rings. The molecule has 0 bridgehead atoms. The number of nitrogens with one attached hydrogen (secondary N) is 1. The van der Waals surface area contributed by atoms with Gasteiger partial charge in [0.2, 0.25) is 0 Å². The van der Waals surface area contributed by atoms with E-state index in [1.807, 2.05) is 18.7 Å². The third-order valence-electron chi connectivity index (χ3n) is 6.53. The maximum absolute atomic E-state index is 14.5. The molecule has 3 aromatic rings. The van der Waals surface area contributed by atoms with Crippen molar-refractivity contribution in [1.82, 2.24) is 19.9 Å².